The van der Waals surface area contributed by atoms with E-state index >= 15 is 0 Å². The molecule has 2 rings (SSSR count). The van der Waals surface area contributed by atoms with E-state index in [0.29, 0.717) is 11.7 Å². The zero-order valence-electron chi connectivity index (χ0n) is 13.4. The Morgan fingerprint density at radius 3 is 2.67 bits per heavy atom. The second kappa shape index (κ2) is 7.74. The molecule has 1 aromatic carbocycles. The van der Waals surface area contributed by atoms with Crippen LogP contribution in [0.1, 0.15) is 62.7 Å². The summed E-state index contributed by atoms with van der Waals surface area (Å²) in [6.45, 7) is 5.96. The molecule has 0 N–H and O–H groups in total. The normalized spacial score (nSPS) is 21.7. The van der Waals surface area contributed by atoms with Gasteiger partial charge in [0.15, 0.2) is 5.78 Å². The molecule has 2 heteroatoms. The molecule has 1 aliphatic heterocycles. The quantitative estimate of drug-likeness (QED) is 0.528. The van der Waals surface area contributed by atoms with E-state index in [2.05, 4.69) is 13.8 Å². The van der Waals surface area contributed by atoms with Crippen molar-refractivity contribution in [3.8, 4) is 0 Å². The molecule has 1 aromatic rings. The maximum Gasteiger partial charge on any atom is 0.169 e. The lowest BCUT2D eigenvalue weighted by Gasteiger charge is -2.39. The highest BCUT2D eigenvalue weighted by Gasteiger charge is 2.41. The summed E-state index contributed by atoms with van der Waals surface area (Å²) >= 11 is 0. The first-order valence-corrected chi connectivity index (χ1v) is 8.36. The summed E-state index contributed by atoms with van der Waals surface area (Å²) < 4.78 is 5.67. The zero-order chi connectivity index (χ0) is 15.1. The van der Waals surface area contributed by atoms with Crippen molar-refractivity contribution in [3.63, 3.8) is 0 Å². The van der Waals surface area contributed by atoms with Crippen LogP contribution < -0.4 is 0 Å². The average molecular weight is 288 g/mol. The molecule has 2 nitrogen and oxygen atoms in total. The van der Waals surface area contributed by atoms with Crippen molar-refractivity contribution < 1.29 is 9.53 Å². The minimum absolute atomic E-state index is 0.281. The fourth-order valence-electron chi connectivity index (χ4n) is 3.41. The van der Waals surface area contributed by atoms with E-state index in [0.717, 1.165) is 44.5 Å². The first kappa shape index (κ1) is 16.2. The van der Waals surface area contributed by atoms with Crippen molar-refractivity contribution in [1.82, 2.24) is 0 Å². The van der Waals surface area contributed by atoms with E-state index < -0.39 is 0 Å². The van der Waals surface area contributed by atoms with Gasteiger partial charge in [0.2, 0.25) is 0 Å². The van der Waals surface area contributed by atoms with Gasteiger partial charge in [0, 0.05) is 17.6 Å². The Labute approximate surface area is 128 Å². The van der Waals surface area contributed by atoms with Gasteiger partial charge < -0.3 is 4.74 Å². The molecule has 1 aliphatic rings. The third-order valence-corrected chi connectivity index (χ3v) is 4.92. The fraction of sp³-hybridized carbons (Fsp3) is 0.632. The van der Waals surface area contributed by atoms with Gasteiger partial charge in [0.25, 0.3) is 0 Å². The molecule has 1 fully saturated rings. The number of rotatable bonds is 7. The van der Waals surface area contributed by atoms with Gasteiger partial charge in [0.05, 0.1) is 6.61 Å². The topological polar surface area (TPSA) is 26.3 Å². The summed E-state index contributed by atoms with van der Waals surface area (Å²) in [6.07, 6.45) is 6.68. The highest BCUT2D eigenvalue weighted by atomic mass is 16.5. The number of carbonyl (C=O) groups excluding carboxylic acids is 1. The standard InChI is InChI=1S/C19H28O2/c1-3-4-8-13-19(2,17-12-9-14-21-15-17)18(20)16-10-6-5-7-11-16/h5-7,10-11,17H,3-4,8-9,12-15H2,1-2H3. The van der Waals surface area contributed by atoms with Gasteiger partial charge in [-0.3, -0.25) is 4.79 Å². The van der Waals surface area contributed by atoms with Gasteiger partial charge in [-0.2, -0.15) is 0 Å². The van der Waals surface area contributed by atoms with Gasteiger partial charge in [-0.15, -0.1) is 0 Å². The van der Waals surface area contributed by atoms with Crippen molar-refractivity contribution in [3.05, 3.63) is 35.9 Å². The van der Waals surface area contributed by atoms with Gasteiger partial charge in [0.1, 0.15) is 0 Å². The van der Waals surface area contributed by atoms with Crippen LogP contribution >= 0.6 is 0 Å². The maximum atomic E-state index is 13.1. The molecular weight excluding hydrogens is 260 g/mol. The fourth-order valence-corrected chi connectivity index (χ4v) is 3.41. The van der Waals surface area contributed by atoms with Gasteiger partial charge >= 0.3 is 0 Å². The SMILES string of the molecule is CCCCCC(C)(C(=O)c1ccccc1)C1CCCOC1. The van der Waals surface area contributed by atoms with Crippen LogP contribution in [0, 0.1) is 11.3 Å². The lowest BCUT2D eigenvalue weighted by atomic mass is 9.67. The molecule has 1 saturated heterocycles. The summed E-state index contributed by atoms with van der Waals surface area (Å²) in [4.78, 5) is 13.1. The van der Waals surface area contributed by atoms with Crippen molar-refractivity contribution in [1.29, 1.82) is 0 Å². The summed E-state index contributed by atoms with van der Waals surface area (Å²) in [6, 6.07) is 9.78. The molecule has 0 aromatic heterocycles. The molecule has 0 aliphatic carbocycles. The van der Waals surface area contributed by atoms with E-state index in [-0.39, 0.29) is 5.41 Å². The van der Waals surface area contributed by atoms with Crippen LogP contribution in [-0.2, 0) is 4.74 Å². The Bertz CT molecular complexity index is 434. The molecule has 1 heterocycles. The Morgan fingerprint density at radius 1 is 1.29 bits per heavy atom. The third kappa shape index (κ3) is 3.94. The average Bonchev–Trinajstić information content (AvgIpc) is 2.56. The summed E-state index contributed by atoms with van der Waals surface area (Å²) in [5, 5.41) is 0. The molecule has 2 unspecified atom stereocenters. The van der Waals surface area contributed by atoms with Crippen LogP contribution in [0.2, 0.25) is 0 Å². The second-order valence-corrected chi connectivity index (χ2v) is 6.48. The van der Waals surface area contributed by atoms with Crippen molar-refractivity contribution in [2.75, 3.05) is 13.2 Å². The van der Waals surface area contributed by atoms with Crippen LogP contribution in [0.4, 0.5) is 0 Å². The minimum atomic E-state index is -0.281. The zero-order valence-corrected chi connectivity index (χ0v) is 13.4. The van der Waals surface area contributed by atoms with Crippen LogP contribution in [-0.4, -0.2) is 19.0 Å². The van der Waals surface area contributed by atoms with Gasteiger partial charge in [-0.25, -0.2) is 0 Å². The predicted molar refractivity (Wildman–Crippen MR) is 86.6 cm³/mol. The minimum Gasteiger partial charge on any atom is -0.381 e. The van der Waals surface area contributed by atoms with E-state index in [9.17, 15) is 4.79 Å². The second-order valence-electron chi connectivity index (χ2n) is 6.48. The Kier molecular flexibility index (Phi) is 5.98. The van der Waals surface area contributed by atoms with Crippen LogP contribution in [0.25, 0.3) is 0 Å². The van der Waals surface area contributed by atoms with Gasteiger partial charge in [-0.05, 0) is 25.2 Å². The number of benzene rings is 1. The Hall–Kier alpha value is -1.15. The van der Waals surface area contributed by atoms with E-state index in [1.165, 1.54) is 12.8 Å². The highest BCUT2D eigenvalue weighted by Crippen LogP contribution is 2.41. The number of unbranched alkanes of at least 4 members (excludes halogenated alkanes) is 2. The molecule has 0 bridgehead atoms. The maximum absolute atomic E-state index is 13.1. The van der Waals surface area contributed by atoms with E-state index in [1.54, 1.807) is 0 Å². The molecule has 21 heavy (non-hydrogen) atoms. The molecule has 0 spiro atoms. The van der Waals surface area contributed by atoms with Gasteiger partial charge in [-0.1, -0.05) is 63.4 Å². The monoisotopic (exact) mass is 288 g/mol. The molecule has 0 radical (unpaired) electrons. The van der Waals surface area contributed by atoms with E-state index in [4.69, 9.17) is 4.74 Å². The predicted octanol–water partition coefficient (Wildman–Crippen LogP) is 4.88. The Morgan fingerprint density at radius 2 is 2.05 bits per heavy atom. The summed E-state index contributed by atoms with van der Waals surface area (Å²) in [5.74, 6) is 0.658. The number of ketones is 1. The third-order valence-electron chi connectivity index (χ3n) is 4.92. The van der Waals surface area contributed by atoms with Crippen molar-refractivity contribution >= 4 is 5.78 Å². The lowest BCUT2D eigenvalue weighted by Crippen LogP contribution is -2.40. The van der Waals surface area contributed by atoms with Crippen molar-refractivity contribution in [2.45, 2.75) is 52.4 Å². The smallest absolute Gasteiger partial charge is 0.169 e. The highest BCUT2D eigenvalue weighted by molar-refractivity contribution is 6.00. The lowest BCUT2D eigenvalue weighted by molar-refractivity contribution is -0.00134. The Balaban J connectivity index is 2.19. The van der Waals surface area contributed by atoms with Crippen molar-refractivity contribution in [2.24, 2.45) is 11.3 Å². The number of hydrogen-bond acceptors (Lipinski definition) is 2. The van der Waals surface area contributed by atoms with Crippen LogP contribution in [0.5, 0.6) is 0 Å². The largest absolute Gasteiger partial charge is 0.381 e. The number of hydrogen-bond donors (Lipinski definition) is 0. The number of carbonyl (C=O) groups is 1. The summed E-state index contributed by atoms with van der Waals surface area (Å²) in [7, 11) is 0. The first-order valence-electron chi connectivity index (χ1n) is 8.36. The van der Waals surface area contributed by atoms with Crippen LogP contribution in [0.15, 0.2) is 30.3 Å². The number of Topliss-reactive ketones (excluding diaryl/α,β-unsaturated/α-hetero) is 1. The molecular formula is C19H28O2. The first-order chi connectivity index (χ1) is 10.2. The van der Waals surface area contributed by atoms with E-state index in [1.807, 2.05) is 30.3 Å². The number of ether oxygens (including phenoxy) is 1. The van der Waals surface area contributed by atoms with Crippen LogP contribution in [0.3, 0.4) is 0 Å². The molecule has 116 valence electrons. The summed E-state index contributed by atoms with van der Waals surface area (Å²) in [5.41, 5.74) is 0.568. The molecule has 0 saturated carbocycles. The molecule has 0 amide bonds. The molecule has 2 atom stereocenters.